The van der Waals surface area contributed by atoms with Crippen LogP contribution in [0.1, 0.15) is 92.4 Å². The van der Waals surface area contributed by atoms with E-state index in [2.05, 4.69) is 41.7 Å². The number of carbonyl (C=O) groups is 4. The van der Waals surface area contributed by atoms with E-state index in [0.717, 1.165) is 12.8 Å². The maximum Gasteiger partial charge on any atom is 0.293 e. The van der Waals surface area contributed by atoms with E-state index in [0.29, 0.717) is 42.4 Å². The lowest BCUT2D eigenvalue weighted by molar-refractivity contribution is -0.134. The summed E-state index contributed by atoms with van der Waals surface area (Å²) in [5.74, 6) is 0.184. The number of thioether (sulfide) groups is 2. The molecule has 0 aromatic heterocycles. The van der Waals surface area contributed by atoms with Gasteiger partial charge in [0.1, 0.15) is 29.1 Å². The monoisotopic (exact) mass is 628 g/mol. The molecule has 0 spiro atoms. The molecular weight excluding hydrogens is 576 g/mol. The number of nitrogens with one attached hydrogen (secondary N) is 3. The molecule has 3 atom stereocenters. The summed E-state index contributed by atoms with van der Waals surface area (Å²) >= 11 is 2.70. The number of amides is 2. The predicted octanol–water partition coefficient (Wildman–Crippen LogP) is 5.09. The molecule has 1 rings (SSSR count). The van der Waals surface area contributed by atoms with E-state index >= 15 is 0 Å². The van der Waals surface area contributed by atoms with E-state index in [-0.39, 0.29) is 29.9 Å². The van der Waals surface area contributed by atoms with Crippen LogP contribution in [0.5, 0.6) is 0 Å². The first kappa shape index (κ1) is 39.5. The summed E-state index contributed by atoms with van der Waals surface area (Å²) in [6.07, 6.45) is 13.8. The Hall–Kier alpha value is -2.47. The number of carbonyl (C=O) groups excluding carboxylic acids is 4. The van der Waals surface area contributed by atoms with Crippen molar-refractivity contribution in [3.05, 3.63) is 24.1 Å². The van der Waals surface area contributed by atoms with Crippen LogP contribution < -0.4 is 16.0 Å². The highest BCUT2D eigenvalue weighted by Gasteiger charge is 2.23. The molecule has 10 nitrogen and oxygen atoms in total. The van der Waals surface area contributed by atoms with Crippen LogP contribution in [-0.4, -0.2) is 71.9 Å². The normalized spacial score (nSPS) is 15.8. The lowest BCUT2D eigenvalue weighted by Crippen LogP contribution is -2.40. The van der Waals surface area contributed by atoms with Gasteiger partial charge in [-0.3, -0.25) is 24.2 Å². The molecule has 0 saturated carbocycles. The highest BCUT2D eigenvalue weighted by atomic mass is 32.2. The number of hydrogen-bond acceptors (Lipinski definition) is 10. The van der Waals surface area contributed by atoms with Crippen LogP contribution in [-0.2, 0) is 28.7 Å². The second kappa shape index (κ2) is 26.2. The van der Waals surface area contributed by atoms with E-state index in [1.807, 2.05) is 19.3 Å². The molecule has 0 bridgehead atoms. The molecule has 1 aliphatic rings. The maximum atomic E-state index is 12.4. The molecule has 0 fully saturated rings. The SMILES string of the molecule is CCC.CCCCCCCC(=O)SCC/C=C/C(CC(=O)NCC1NC(C(=NC(C)C(=O)NCC)SC)=CO1)OC=O. The standard InChI is InChI=1S/C27H44N4O6S2.C3H8/c1-5-7-8-9-10-14-25(34)39-15-12-11-13-21(37-19-32)16-23(33)29-17-24-31-22(18-36-24)27(38-4)30-20(3)26(35)28-6-2;1-3-2/h11,13,18-21,24,31H,5-10,12,14-17H2,1-4H3,(H,28,35)(H,29,33);3H2,1-2H3/b13-11+,30-27?;. The van der Waals surface area contributed by atoms with Crippen molar-refractivity contribution in [1.82, 2.24) is 16.0 Å². The summed E-state index contributed by atoms with van der Waals surface area (Å²) in [6, 6.07) is -0.545. The van der Waals surface area contributed by atoms with E-state index < -0.39 is 18.4 Å². The van der Waals surface area contributed by atoms with Crippen LogP contribution in [0.3, 0.4) is 0 Å². The minimum atomic E-state index is -0.695. The Kier molecular flexibility index (Phi) is 24.6. The first-order valence-electron chi connectivity index (χ1n) is 15.0. The maximum absolute atomic E-state index is 12.4. The third kappa shape index (κ3) is 19.6. The second-order valence-electron chi connectivity index (χ2n) is 9.60. The number of hydrogen-bond donors (Lipinski definition) is 3. The zero-order valence-electron chi connectivity index (χ0n) is 26.2. The summed E-state index contributed by atoms with van der Waals surface area (Å²) < 4.78 is 10.6. The van der Waals surface area contributed by atoms with E-state index in [4.69, 9.17) is 9.47 Å². The molecule has 3 unspecified atom stereocenters. The summed E-state index contributed by atoms with van der Waals surface area (Å²) in [5.41, 5.74) is 0.635. The van der Waals surface area contributed by atoms with Crippen molar-refractivity contribution in [3.8, 4) is 0 Å². The van der Waals surface area contributed by atoms with Gasteiger partial charge in [0.25, 0.3) is 6.47 Å². The summed E-state index contributed by atoms with van der Waals surface area (Å²) in [5, 5.41) is 9.47. The smallest absolute Gasteiger partial charge is 0.293 e. The average molecular weight is 629 g/mol. The molecule has 0 radical (unpaired) electrons. The third-order valence-corrected chi connectivity index (χ3v) is 7.29. The van der Waals surface area contributed by atoms with Gasteiger partial charge >= 0.3 is 0 Å². The van der Waals surface area contributed by atoms with Crippen LogP contribution in [0.15, 0.2) is 29.1 Å². The molecule has 0 aromatic rings. The summed E-state index contributed by atoms with van der Waals surface area (Å²) in [6.45, 7) is 11.0. The zero-order chi connectivity index (χ0) is 31.6. The van der Waals surface area contributed by atoms with Crippen LogP contribution in [0.4, 0.5) is 0 Å². The molecule has 42 heavy (non-hydrogen) atoms. The number of aliphatic imine (C=N–C) groups is 1. The highest BCUT2D eigenvalue weighted by molar-refractivity contribution is 8.14. The van der Waals surface area contributed by atoms with E-state index in [1.165, 1.54) is 55.5 Å². The quantitative estimate of drug-likeness (QED) is 0.0554. The molecule has 1 aliphatic heterocycles. The molecule has 240 valence electrons. The lowest BCUT2D eigenvalue weighted by atomic mass is 10.1. The minimum Gasteiger partial charge on any atom is -0.474 e. The first-order valence-corrected chi connectivity index (χ1v) is 17.2. The molecule has 12 heteroatoms. The zero-order valence-corrected chi connectivity index (χ0v) is 27.9. The fourth-order valence-electron chi connectivity index (χ4n) is 3.52. The van der Waals surface area contributed by atoms with Gasteiger partial charge in [-0.25, -0.2) is 0 Å². The molecule has 0 saturated heterocycles. The molecule has 3 N–H and O–H groups in total. The van der Waals surface area contributed by atoms with Crippen molar-refractivity contribution >= 4 is 52.0 Å². The number of ether oxygens (including phenoxy) is 2. The number of likely N-dealkylation sites (N-methyl/N-ethyl adjacent to an activating group) is 1. The molecule has 1 heterocycles. The van der Waals surface area contributed by atoms with Crippen molar-refractivity contribution in [2.75, 3.05) is 25.1 Å². The number of allylic oxidation sites excluding steroid dienone is 1. The predicted molar refractivity (Wildman–Crippen MR) is 174 cm³/mol. The van der Waals surface area contributed by atoms with Crippen LogP contribution in [0, 0.1) is 0 Å². The summed E-state index contributed by atoms with van der Waals surface area (Å²) in [4.78, 5) is 51.7. The van der Waals surface area contributed by atoms with Gasteiger partial charge < -0.3 is 25.4 Å². The van der Waals surface area contributed by atoms with Gasteiger partial charge in [0, 0.05) is 18.7 Å². The van der Waals surface area contributed by atoms with Gasteiger partial charge in [-0.15, -0.1) is 11.8 Å². The fraction of sp³-hybridized carbons (Fsp3) is 0.700. The largest absolute Gasteiger partial charge is 0.474 e. The number of nitrogens with zero attached hydrogens (tertiary/aromatic N) is 1. The van der Waals surface area contributed by atoms with E-state index in [1.54, 1.807) is 13.0 Å². The second-order valence-corrected chi connectivity index (χ2v) is 11.5. The van der Waals surface area contributed by atoms with Crippen LogP contribution >= 0.6 is 23.5 Å². The van der Waals surface area contributed by atoms with Crippen LogP contribution in [0.25, 0.3) is 0 Å². The topological polar surface area (TPSA) is 135 Å². The first-order chi connectivity index (χ1) is 20.3. The van der Waals surface area contributed by atoms with Crippen molar-refractivity contribution in [2.45, 2.75) is 111 Å². The average Bonchev–Trinajstić information content (AvgIpc) is 3.44. The Bertz CT molecular complexity index is 882. The Labute approximate surface area is 261 Å². The Morgan fingerprint density at radius 1 is 1.14 bits per heavy atom. The fourth-order valence-corrected chi connectivity index (χ4v) is 4.88. The van der Waals surface area contributed by atoms with Gasteiger partial charge in [0.05, 0.1) is 13.0 Å². The number of unbranched alkanes of at least 4 members (excludes halogenated alkanes) is 4. The van der Waals surface area contributed by atoms with Gasteiger partial charge in [-0.1, -0.05) is 70.7 Å². The molecule has 0 aromatic carbocycles. The number of rotatable bonds is 20. The van der Waals surface area contributed by atoms with E-state index in [9.17, 15) is 19.2 Å². The third-order valence-electron chi connectivity index (χ3n) is 5.62. The van der Waals surface area contributed by atoms with Gasteiger partial charge in [0.15, 0.2) is 11.3 Å². The summed E-state index contributed by atoms with van der Waals surface area (Å²) in [7, 11) is 0. The molecule has 2 amide bonds. The highest BCUT2D eigenvalue weighted by Crippen LogP contribution is 2.16. The van der Waals surface area contributed by atoms with Crippen molar-refractivity contribution in [2.24, 2.45) is 4.99 Å². The van der Waals surface area contributed by atoms with Gasteiger partial charge in [0.2, 0.25) is 11.8 Å². The lowest BCUT2D eigenvalue weighted by Gasteiger charge is -2.16. The van der Waals surface area contributed by atoms with Gasteiger partial charge in [-0.05, 0) is 39.0 Å². The van der Waals surface area contributed by atoms with Gasteiger partial charge in [-0.2, -0.15) is 0 Å². The minimum absolute atomic E-state index is 0.0341. The molecule has 0 aliphatic carbocycles. The van der Waals surface area contributed by atoms with Crippen molar-refractivity contribution in [1.29, 1.82) is 0 Å². The van der Waals surface area contributed by atoms with Crippen molar-refractivity contribution in [3.63, 3.8) is 0 Å². The van der Waals surface area contributed by atoms with Crippen LogP contribution in [0.2, 0.25) is 0 Å². The Balaban J connectivity index is 0.00000535. The van der Waals surface area contributed by atoms with Crippen molar-refractivity contribution < 1.29 is 28.7 Å². The molecular formula is C30H52N4O6S2. The Morgan fingerprint density at radius 3 is 2.50 bits per heavy atom. The Morgan fingerprint density at radius 2 is 1.86 bits per heavy atom.